The van der Waals surface area contributed by atoms with Crippen LogP contribution in [0.3, 0.4) is 0 Å². The van der Waals surface area contributed by atoms with Gasteiger partial charge in [-0.25, -0.2) is 0 Å². The van der Waals surface area contributed by atoms with E-state index in [1.807, 2.05) is 24.3 Å². The van der Waals surface area contributed by atoms with Gasteiger partial charge in [-0.3, -0.25) is 0 Å². The summed E-state index contributed by atoms with van der Waals surface area (Å²) in [6.45, 7) is 2.16. The van der Waals surface area contributed by atoms with Crippen molar-refractivity contribution in [3.63, 3.8) is 0 Å². The molecule has 0 bridgehead atoms. The van der Waals surface area contributed by atoms with E-state index in [0.717, 1.165) is 21.6 Å². The van der Waals surface area contributed by atoms with E-state index in [0.29, 0.717) is 6.04 Å². The largest absolute Gasteiger partial charge is 0.381 e. The second-order valence-electron chi connectivity index (χ2n) is 4.36. The second kappa shape index (κ2) is 6.26. The third-order valence-electron chi connectivity index (χ3n) is 2.72. The molecule has 0 aliphatic heterocycles. The quantitative estimate of drug-likeness (QED) is 0.820. The predicted octanol–water partition coefficient (Wildman–Crippen LogP) is 5.15. The Hall–Kier alpha value is -0.990. The third-order valence-corrected chi connectivity index (χ3v) is 3.52. The molecule has 0 radical (unpaired) electrons. The minimum atomic E-state index is 0.339. The van der Waals surface area contributed by atoms with Gasteiger partial charge in [0.15, 0.2) is 0 Å². The van der Waals surface area contributed by atoms with Crippen LogP contribution in [-0.2, 0) is 6.42 Å². The monoisotopic (exact) mass is 323 g/mol. The summed E-state index contributed by atoms with van der Waals surface area (Å²) in [4.78, 5) is 0. The van der Waals surface area contributed by atoms with Crippen LogP contribution in [0.15, 0.2) is 53.0 Å². The Bertz CT molecular complexity index is 513. The Balaban J connectivity index is 2.01. The number of benzene rings is 2. The van der Waals surface area contributed by atoms with Crippen molar-refractivity contribution in [1.29, 1.82) is 0 Å². The Morgan fingerprint density at radius 2 is 1.89 bits per heavy atom. The van der Waals surface area contributed by atoms with E-state index in [1.54, 1.807) is 0 Å². The Kier molecular flexibility index (Phi) is 4.67. The van der Waals surface area contributed by atoms with Crippen molar-refractivity contribution in [3.8, 4) is 0 Å². The number of hydrogen-bond donors (Lipinski definition) is 1. The first kappa shape index (κ1) is 13.4. The summed E-state index contributed by atoms with van der Waals surface area (Å²) in [5.74, 6) is 0. The maximum Gasteiger partial charge on any atom is 0.0648 e. The van der Waals surface area contributed by atoms with Gasteiger partial charge in [0.1, 0.15) is 0 Å². The molecule has 2 aromatic rings. The summed E-state index contributed by atoms with van der Waals surface area (Å²) in [7, 11) is 0. The van der Waals surface area contributed by atoms with Gasteiger partial charge in [-0.1, -0.05) is 57.9 Å². The van der Waals surface area contributed by atoms with Crippen LogP contribution in [-0.4, -0.2) is 6.04 Å². The lowest BCUT2D eigenvalue weighted by atomic mass is 10.1. The molecule has 0 amide bonds. The van der Waals surface area contributed by atoms with Crippen molar-refractivity contribution in [3.05, 3.63) is 63.6 Å². The van der Waals surface area contributed by atoms with Gasteiger partial charge < -0.3 is 5.32 Å². The highest BCUT2D eigenvalue weighted by atomic mass is 79.9. The molecule has 0 heterocycles. The minimum absolute atomic E-state index is 0.339. The van der Waals surface area contributed by atoms with Crippen LogP contribution in [0.2, 0.25) is 5.02 Å². The molecule has 2 rings (SSSR count). The first-order valence-corrected chi connectivity index (χ1v) is 7.08. The zero-order valence-corrected chi connectivity index (χ0v) is 12.5. The predicted molar refractivity (Wildman–Crippen MR) is 82.4 cm³/mol. The van der Waals surface area contributed by atoms with Gasteiger partial charge in [0.25, 0.3) is 0 Å². The van der Waals surface area contributed by atoms with Crippen LogP contribution in [0, 0.1) is 0 Å². The molecular weight excluding hydrogens is 310 g/mol. The highest BCUT2D eigenvalue weighted by Gasteiger charge is 2.06. The number of hydrogen-bond acceptors (Lipinski definition) is 1. The fraction of sp³-hybridized carbons (Fsp3) is 0.200. The van der Waals surface area contributed by atoms with Crippen molar-refractivity contribution in [2.24, 2.45) is 0 Å². The van der Waals surface area contributed by atoms with Crippen LogP contribution >= 0.6 is 27.5 Å². The van der Waals surface area contributed by atoms with Gasteiger partial charge in [-0.15, -0.1) is 0 Å². The maximum absolute atomic E-state index is 6.18. The number of nitrogens with one attached hydrogen (secondary N) is 1. The first-order valence-electron chi connectivity index (χ1n) is 5.90. The standard InChI is InChI=1S/C15H15BrClN/c1-11(9-12-5-3-2-4-6-12)18-15-8-7-13(16)10-14(15)17/h2-8,10-11,18H,9H2,1H3. The van der Waals surface area contributed by atoms with Crippen LogP contribution in [0.4, 0.5) is 5.69 Å². The summed E-state index contributed by atoms with van der Waals surface area (Å²) in [6, 6.07) is 16.7. The van der Waals surface area contributed by atoms with Crippen molar-refractivity contribution in [1.82, 2.24) is 0 Å². The van der Waals surface area contributed by atoms with Crippen LogP contribution in [0.5, 0.6) is 0 Å². The van der Waals surface area contributed by atoms with E-state index in [-0.39, 0.29) is 0 Å². The van der Waals surface area contributed by atoms with Crippen molar-refractivity contribution >= 4 is 33.2 Å². The van der Waals surface area contributed by atoms with Crippen LogP contribution < -0.4 is 5.32 Å². The van der Waals surface area contributed by atoms with E-state index < -0.39 is 0 Å². The fourth-order valence-electron chi connectivity index (χ4n) is 1.89. The van der Waals surface area contributed by atoms with Crippen LogP contribution in [0.1, 0.15) is 12.5 Å². The van der Waals surface area contributed by atoms with Gasteiger partial charge in [-0.2, -0.15) is 0 Å². The molecule has 1 nitrogen and oxygen atoms in total. The molecule has 1 N–H and O–H groups in total. The van der Waals surface area contributed by atoms with Crippen LogP contribution in [0.25, 0.3) is 0 Å². The SMILES string of the molecule is CC(Cc1ccccc1)Nc1ccc(Br)cc1Cl. The third kappa shape index (κ3) is 3.76. The van der Waals surface area contributed by atoms with Crippen molar-refractivity contribution in [2.45, 2.75) is 19.4 Å². The minimum Gasteiger partial charge on any atom is -0.381 e. The summed E-state index contributed by atoms with van der Waals surface area (Å²) >= 11 is 9.59. The van der Waals surface area contributed by atoms with Gasteiger partial charge in [0, 0.05) is 10.5 Å². The zero-order valence-electron chi connectivity index (χ0n) is 10.2. The Labute approximate surface area is 121 Å². The molecule has 1 atom stereocenters. The van der Waals surface area contributed by atoms with Gasteiger partial charge >= 0.3 is 0 Å². The van der Waals surface area contributed by atoms with E-state index in [4.69, 9.17) is 11.6 Å². The molecule has 94 valence electrons. The summed E-state index contributed by atoms with van der Waals surface area (Å²) in [5, 5.41) is 4.17. The normalized spacial score (nSPS) is 12.2. The first-order chi connectivity index (χ1) is 8.65. The Morgan fingerprint density at radius 1 is 1.17 bits per heavy atom. The van der Waals surface area contributed by atoms with E-state index in [1.165, 1.54) is 5.56 Å². The molecule has 1 unspecified atom stereocenters. The Morgan fingerprint density at radius 3 is 2.56 bits per heavy atom. The maximum atomic E-state index is 6.18. The van der Waals surface area contributed by atoms with Crippen molar-refractivity contribution < 1.29 is 0 Å². The lowest BCUT2D eigenvalue weighted by molar-refractivity contribution is 0.790. The van der Waals surface area contributed by atoms with E-state index in [9.17, 15) is 0 Å². The highest BCUT2D eigenvalue weighted by molar-refractivity contribution is 9.10. The molecule has 0 saturated heterocycles. The lowest BCUT2D eigenvalue weighted by Gasteiger charge is -2.16. The molecule has 0 spiro atoms. The number of anilines is 1. The summed E-state index contributed by atoms with van der Waals surface area (Å²) < 4.78 is 0.994. The molecule has 0 aliphatic carbocycles. The summed E-state index contributed by atoms with van der Waals surface area (Å²) in [6.07, 6.45) is 0.979. The molecule has 2 aromatic carbocycles. The summed E-state index contributed by atoms with van der Waals surface area (Å²) in [5.41, 5.74) is 2.30. The molecule has 0 aliphatic rings. The van der Waals surface area contributed by atoms with E-state index in [2.05, 4.69) is 52.4 Å². The van der Waals surface area contributed by atoms with Crippen molar-refractivity contribution in [2.75, 3.05) is 5.32 Å². The average Bonchev–Trinajstić information content (AvgIpc) is 2.34. The fourth-order valence-corrected chi connectivity index (χ4v) is 2.62. The molecule has 0 aromatic heterocycles. The lowest BCUT2D eigenvalue weighted by Crippen LogP contribution is -2.18. The molecule has 0 fully saturated rings. The zero-order chi connectivity index (χ0) is 13.0. The molecule has 18 heavy (non-hydrogen) atoms. The van der Waals surface area contributed by atoms with Gasteiger partial charge in [-0.05, 0) is 37.1 Å². The smallest absolute Gasteiger partial charge is 0.0648 e. The number of rotatable bonds is 4. The highest BCUT2D eigenvalue weighted by Crippen LogP contribution is 2.26. The molecular formula is C15H15BrClN. The topological polar surface area (TPSA) is 12.0 Å². The second-order valence-corrected chi connectivity index (χ2v) is 5.68. The van der Waals surface area contributed by atoms with Gasteiger partial charge in [0.2, 0.25) is 0 Å². The average molecular weight is 325 g/mol. The molecule has 0 saturated carbocycles. The molecule has 3 heteroatoms. The van der Waals surface area contributed by atoms with E-state index >= 15 is 0 Å². The van der Waals surface area contributed by atoms with Gasteiger partial charge in [0.05, 0.1) is 10.7 Å². The number of halogens is 2.